The van der Waals surface area contributed by atoms with E-state index < -0.39 is 0 Å². The van der Waals surface area contributed by atoms with E-state index in [1.54, 1.807) is 0 Å². The van der Waals surface area contributed by atoms with E-state index in [0.717, 1.165) is 12.3 Å². The fourth-order valence-corrected chi connectivity index (χ4v) is 0.408. The van der Waals surface area contributed by atoms with Gasteiger partial charge in [0.15, 0.2) is 0 Å². The molecule has 0 saturated heterocycles. The summed E-state index contributed by atoms with van der Waals surface area (Å²) >= 11 is 0. The Morgan fingerprint density at radius 2 is 1.36 bits per heavy atom. The van der Waals surface area contributed by atoms with Gasteiger partial charge in [0.05, 0.1) is 0 Å². The van der Waals surface area contributed by atoms with Crippen LogP contribution < -0.4 is 0 Å². The molecule has 1 heteroatoms. The summed E-state index contributed by atoms with van der Waals surface area (Å²) < 4.78 is 0. The van der Waals surface area contributed by atoms with E-state index in [1.165, 1.54) is 6.42 Å². The van der Waals surface area contributed by atoms with Gasteiger partial charge in [-0.25, -0.2) is 0 Å². The van der Waals surface area contributed by atoms with Gasteiger partial charge in [-0.3, -0.25) is 0 Å². The summed E-state index contributed by atoms with van der Waals surface area (Å²) in [5, 5.41) is 0. The van der Waals surface area contributed by atoms with Crippen molar-refractivity contribution in [1.82, 2.24) is 0 Å². The fourth-order valence-electron chi connectivity index (χ4n) is 0.408. The molecular weight excluding hydrogens is 144 g/mol. The zero-order valence-corrected chi connectivity index (χ0v) is 10.1. The first-order valence-corrected chi connectivity index (χ1v) is 4.13. The summed E-state index contributed by atoms with van der Waals surface area (Å²) in [6.07, 6.45) is 2.34. The topological polar surface area (TPSA) is 0 Å². The molecule has 0 spiro atoms. The number of hydrogen-bond acceptors (Lipinski definition) is 0. The molecule has 0 aliphatic carbocycles. The maximum atomic E-state index is 3.73. The first kappa shape index (κ1) is 17.7. The third-order valence-electron chi connectivity index (χ3n) is 0.781. The summed E-state index contributed by atoms with van der Waals surface area (Å²) in [6.45, 7) is 15.9. The van der Waals surface area contributed by atoms with Crippen molar-refractivity contribution in [1.29, 1.82) is 0 Å². The van der Waals surface area contributed by atoms with Crippen LogP contribution in [-0.4, -0.2) is 23.1 Å². The minimum absolute atomic E-state index is 0. The van der Waals surface area contributed by atoms with Gasteiger partial charge in [0.2, 0.25) is 0 Å². The van der Waals surface area contributed by atoms with Crippen LogP contribution in [0.25, 0.3) is 0 Å². The normalized spacial score (nSPS) is 8.73. The van der Waals surface area contributed by atoms with Gasteiger partial charge in [0.1, 0.15) is 0 Å². The van der Waals surface area contributed by atoms with Crippen LogP contribution >= 0.6 is 0 Å². The van der Waals surface area contributed by atoms with Gasteiger partial charge in [-0.2, -0.15) is 12.3 Å². The first-order chi connectivity index (χ1) is 4.50. The van der Waals surface area contributed by atoms with Crippen LogP contribution in [0.1, 0.15) is 40.5 Å². The van der Waals surface area contributed by atoms with Gasteiger partial charge in [0, 0.05) is 0 Å². The van der Waals surface area contributed by atoms with E-state index >= 15 is 0 Å². The second kappa shape index (κ2) is 13.4. The van der Waals surface area contributed by atoms with Gasteiger partial charge < -0.3 is 13.8 Å². The summed E-state index contributed by atoms with van der Waals surface area (Å²) in [4.78, 5) is 0. The van der Waals surface area contributed by atoms with Crippen LogP contribution in [0.4, 0.5) is 0 Å². The zero-order chi connectivity index (χ0) is 8.57. The molecule has 0 saturated carbocycles. The van der Waals surface area contributed by atoms with Crippen LogP contribution in [0, 0.1) is 25.7 Å². The van der Waals surface area contributed by atoms with Crippen LogP contribution in [0.15, 0.2) is 0 Å². The Morgan fingerprint density at radius 1 is 1.09 bits per heavy atom. The van der Waals surface area contributed by atoms with Crippen molar-refractivity contribution >= 4 is 23.1 Å². The van der Waals surface area contributed by atoms with Gasteiger partial charge in [0.25, 0.3) is 0 Å². The van der Waals surface area contributed by atoms with E-state index in [-0.39, 0.29) is 23.1 Å². The van der Waals surface area contributed by atoms with Crippen LogP contribution in [0.3, 0.4) is 0 Å². The summed E-state index contributed by atoms with van der Waals surface area (Å²) in [5.74, 6) is 1.42. The molecule has 0 aliphatic rings. The second-order valence-electron chi connectivity index (χ2n) is 3.43. The molecule has 64 valence electrons. The summed E-state index contributed by atoms with van der Waals surface area (Å²) in [6, 6.07) is 0. The molecule has 0 rings (SSSR count). The van der Waals surface area contributed by atoms with E-state index in [1.807, 2.05) is 0 Å². The first-order valence-electron chi connectivity index (χ1n) is 4.13. The fraction of sp³-hybridized carbons (Fsp3) is 0.800. The molecule has 0 nitrogen and oxygen atoms in total. The molecule has 0 bridgehead atoms. The molecule has 0 radical (unpaired) electrons. The maximum Gasteiger partial charge on any atom is 2.00 e. The van der Waals surface area contributed by atoms with E-state index in [4.69, 9.17) is 0 Å². The Balaban J connectivity index is -0.000000114. The second-order valence-corrected chi connectivity index (χ2v) is 3.43. The Hall–Kier alpha value is 0.766. The molecule has 0 amide bonds. The average molecular weight is 167 g/mol. The smallest absolute Gasteiger partial charge is 0.343 e. The number of hydrogen-bond donors (Lipinski definition) is 0. The van der Waals surface area contributed by atoms with E-state index in [0.29, 0.717) is 5.92 Å². The van der Waals surface area contributed by atoms with Gasteiger partial charge >= 0.3 is 23.1 Å². The number of rotatable bonds is 2. The van der Waals surface area contributed by atoms with Crippen LogP contribution in [0.2, 0.25) is 0 Å². The van der Waals surface area contributed by atoms with Crippen molar-refractivity contribution in [2.24, 2.45) is 11.8 Å². The molecule has 0 atom stereocenters. The van der Waals surface area contributed by atoms with E-state index in [9.17, 15) is 0 Å². The predicted octanol–water partition coefficient (Wildman–Crippen LogP) is 3.35. The Labute approximate surface area is 89.3 Å². The van der Waals surface area contributed by atoms with Crippen molar-refractivity contribution in [3.63, 3.8) is 0 Å². The average Bonchev–Trinajstić information content (AvgIpc) is 1.62. The van der Waals surface area contributed by atoms with Crippen molar-refractivity contribution in [3.05, 3.63) is 13.8 Å². The zero-order valence-electron chi connectivity index (χ0n) is 8.69. The molecule has 0 aliphatic heterocycles. The quantitative estimate of drug-likeness (QED) is 0.436. The minimum Gasteiger partial charge on any atom is -0.343 e. The van der Waals surface area contributed by atoms with Crippen molar-refractivity contribution < 1.29 is 0 Å². The van der Waals surface area contributed by atoms with Gasteiger partial charge in [-0.1, -0.05) is 34.1 Å². The largest absolute Gasteiger partial charge is 2.00 e. The molecule has 0 aromatic carbocycles. The van der Waals surface area contributed by atoms with Crippen molar-refractivity contribution in [2.45, 2.75) is 40.5 Å². The third kappa shape index (κ3) is 58.3. The van der Waals surface area contributed by atoms with Crippen molar-refractivity contribution in [2.75, 3.05) is 0 Å². The van der Waals surface area contributed by atoms with E-state index in [2.05, 4.69) is 41.5 Å². The third-order valence-corrected chi connectivity index (χ3v) is 0.781. The Morgan fingerprint density at radius 3 is 1.36 bits per heavy atom. The molecular formula is C10H22Mg. The Kier molecular flexibility index (Phi) is 21.6. The monoisotopic (exact) mass is 166 g/mol. The van der Waals surface area contributed by atoms with Gasteiger partial charge in [-0.15, -0.1) is 0 Å². The molecule has 0 fully saturated rings. The van der Waals surface area contributed by atoms with Crippen LogP contribution in [0.5, 0.6) is 0 Å². The SMILES string of the molecule is [CH2-]C(C)C.[CH2-]CCC(C)C.[Mg+2]. The maximum absolute atomic E-state index is 3.73. The standard InChI is InChI=1S/C6H13.C4H9.Mg/c1-4-5-6(2)3;1-4(2)3;/h6H,1,4-5H2,2-3H3;4H,1H2,2-3H3;/q2*-1;+2. The summed E-state index contributed by atoms with van der Waals surface area (Å²) in [5.41, 5.74) is 0. The molecule has 0 aromatic rings. The summed E-state index contributed by atoms with van der Waals surface area (Å²) in [7, 11) is 0. The van der Waals surface area contributed by atoms with Crippen molar-refractivity contribution in [3.8, 4) is 0 Å². The molecule has 0 unspecified atom stereocenters. The molecule has 0 N–H and O–H groups in total. The minimum atomic E-state index is 0. The van der Waals surface area contributed by atoms with Gasteiger partial charge in [-0.05, 0) is 5.92 Å². The van der Waals surface area contributed by atoms with Crippen LogP contribution in [-0.2, 0) is 0 Å². The predicted molar refractivity (Wildman–Crippen MR) is 55.4 cm³/mol. The molecule has 11 heavy (non-hydrogen) atoms. The molecule has 0 aromatic heterocycles. The Bertz CT molecular complexity index is 46.1. The molecule has 0 heterocycles.